The molecule has 1 unspecified atom stereocenters. The molecule has 152 valence electrons. The molecule has 0 saturated heterocycles. The van der Waals surface area contributed by atoms with Gasteiger partial charge < -0.3 is 5.32 Å². The Bertz CT molecular complexity index is 1090. The summed E-state index contributed by atoms with van der Waals surface area (Å²) in [7, 11) is 0. The highest BCUT2D eigenvalue weighted by atomic mass is 79.9. The van der Waals surface area contributed by atoms with Crippen molar-refractivity contribution in [3.63, 3.8) is 0 Å². The van der Waals surface area contributed by atoms with Crippen LogP contribution in [-0.4, -0.2) is 21.2 Å². The molecule has 0 fully saturated rings. The van der Waals surface area contributed by atoms with Gasteiger partial charge in [-0.2, -0.15) is 0 Å². The lowest BCUT2D eigenvalue weighted by Crippen LogP contribution is -2.29. The van der Waals surface area contributed by atoms with E-state index in [9.17, 15) is 14.0 Å². The maximum Gasteiger partial charge on any atom is 0.262 e. The van der Waals surface area contributed by atoms with Crippen LogP contribution >= 0.6 is 27.7 Å². The van der Waals surface area contributed by atoms with E-state index in [1.54, 1.807) is 28.8 Å². The highest BCUT2D eigenvalue weighted by Crippen LogP contribution is 2.21. The van der Waals surface area contributed by atoms with Crippen molar-refractivity contribution >= 4 is 44.5 Å². The van der Waals surface area contributed by atoms with E-state index < -0.39 is 0 Å². The van der Waals surface area contributed by atoms with E-state index in [1.807, 2.05) is 19.9 Å². The van der Waals surface area contributed by atoms with Crippen molar-refractivity contribution in [1.29, 1.82) is 0 Å². The van der Waals surface area contributed by atoms with E-state index in [-0.39, 0.29) is 29.1 Å². The maximum absolute atomic E-state index is 13.1. The summed E-state index contributed by atoms with van der Waals surface area (Å²) in [5.74, 6) is -0.366. The Morgan fingerprint density at radius 3 is 2.69 bits per heavy atom. The Morgan fingerprint density at radius 2 is 2.00 bits per heavy atom. The lowest BCUT2D eigenvalue weighted by Gasteiger charge is -2.15. The third-order valence-corrected chi connectivity index (χ3v) is 5.88. The zero-order chi connectivity index (χ0) is 21.0. The van der Waals surface area contributed by atoms with Crippen molar-refractivity contribution < 1.29 is 9.18 Å². The molecule has 8 heteroatoms. The SMILES string of the molecule is CCCn1c(SCC(=O)NC(C)c2ccc(F)cc2)nc2ccc(Br)cc2c1=O. The summed E-state index contributed by atoms with van der Waals surface area (Å²) in [6, 6.07) is 11.2. The lowest BCUT2D eigenvalue weighted by molar-refractivity contribution is -0.119. The molecule has 1 atom stereocenters. The van der Waals surface area contributed by atoms with Crippen LogP contribution in [0.15, 0.2) is 56.9 Å². The fourth-order valence-electron chi connectivity index (χ4n) is 2.95. The molecule has 1 amide bonds. The van der Waals surface area contributed by atoms with Crippen LogP contribution in [0.4, 0.5) is 4.39 Å². The number of thioether (sulfide) groups is 1. The van der Waals surface area contributed by atoms with Crippen molar-refractivity contribution in [2.75, 3.05) is 5.75 Å². The largest absolute Gasteiger partial charge is 0.349 e. The Balaban J connectivity index is 1.76. The van der Waals surface area contributed by atoms with E-state index in [4.69, 9.17) is 0 Å². The molecule has 0 bridgehead atoms. The summed E-state index contributed by atoms with van der Waals surface area (Å²) < 4.78 is 15.5. The molecular formula is C21H21BrFN3O2S. The van der Waals surface area contributed by atoms with Gasteiger partial charge in [-0.15, -0.1) is 0 Å². The fraction of sp³-hybridized carbons (Fsp3) is 0.286. The first-order valence-corrected chi connectivity index (χ1v) is 11.0. The minimum absolute atomic E-state index is 0.110. The van der Waals surface area contributed by atoms with E-state index in [0.717, 1.165) is 16.5 Å². The number of rotatable bonds is 7. The predicted molar refractivity (Wildman–Crippen MR) is 118 cm³/mol. The zero-order valence-electron chi connectivity index (χ0n) is 16.1. The molecule has 1 heterocycles. The monoisotopic (exact) mass is 477 g/mol. The highest BCUT2D eigenvalue weighted by molar-refractivity contribution is 9.10. The van der Waals surface area contributed by atoms with Crippen LogP contribution in [0, 0.1) is 5.82 Å². The molecule has 2 aromatic carbocycles. The third-order valence-electron chi connectivity index (χ3n) is 4.41. The van der Waals surface area contributed by atoms with Crippen molar-refractivity contribution in [3.05, 3.63) is 68.7 Å². The van der Waals surface area contributed by atoms with Gasteiger partial charge in [0.1, 0.15) is 5.82 Å². The molecule has 0 aliphatic rings. The van der Waals surface area contributed by atoms with Crippen LogP contribution < -0.4 is 10.9 Å². The number of nitrogens with zero attached hydrogens (tertiary/aromatic N) is 2. The van der Waals surface area contributed by atoms with Gasteiger partial charge in [0.2, 0.25) is 5.91 Å². The van der Waals surface area contributed by atoms with E-state index in [1.165, 1.54) is 23.9 Å². The second-order valence-corrected chi connectivity index (χ2v) is 8.50. The minimum Gasteiger partial charge on any atom is -0.349 e. The number of carbonyl (C=O) groups excluding carboxylic acids is 1. The van der Waals surface area contributed by atoms with Gasteiger partial charge in [0.25, 0.3) is 5.56 Å². The normalized spacial score (nSPS) is 12.1. The molecule has 0 radical (unpaired) electrons. The van der Waals surface area contributed by atoms with Gasteiger partial charge in [0.15, 0.2) is 5.16 Å². The Morgan fingerprint density at radius 1 is 1.28 bits per heavy atom. The second-order valence-electron chi connectivity index (χ2n) is 6.64. The van der Waals surface area contributed by atoms with Gasteiger partial charge in [0.05, 0.1) is 22.7 Å². The number of fused-ring (bicyclic) bond motifs is 1. The Kier molecular flexibility index (Phi) is 7.08. The van der Waals surface area contributed by atoms with Crippen LogP contribution in [0.5, 0.6) is 0 Å². The summed E-state index contributed by atoms with van der Waals surface area (Å²) in [6.45, 7) is 4.36. The molecule has 29 heavy (non-hydrogen) atoms. The van der Waals surface area contributed by atoms with Gasteiger partial charge in [-0.05, 0) is 49.2 Å². The summed E-state index contributed by atoms with van der Waals surface area (Å²) >= 11 is 4.63. The maximum atomic E-state index is 13.1. The number of amides is 1. The van der Waals surface area contributed by atoms with Crippen molar-refractivity contribution in [1.82, 2.24) is 14.9 Å². The van der Waals surface area contributed by atoms with E-state index in [0.29, 0.717) is 22.6 Å². The smallest absolute Gasteiger partial charge is 0.262 e. The van der Waals surface area contributed by atoms with E-state index >= 15 is 0 Å². The van der Waals surface area contributed by atoms with Gasteiger partial charge in [0, 0.05) is 11.0 Å². The first kappa shape index (κ1) is 21.5. The zero-order valence-corrected chi connectivity index (χ0v) is 18.5. The van der Waals surface area contributed by atoms with Crippen molar-refractivity contribution in [3.8, 4) is 0 Å². The molecule has 1 aromatic heterocycles. The number of aromatic nitrogens is 2. The molecule has 0 saturated carbocycles. The van der Waals surface area contributed by atoms with Crippen LogP contribution in [0.2, 0.25) is 0 Å². The molecule has 3 aromatic rings. The summed E-state index contributed by atoms with van der Waals surface area (Å²) in [6.07, 6.45) is 0.780. The summed E-state index contributed by atoms with van der Waals surface area (Å²) in [5.41, 5.74) is 1.32. The first-order valence-electron chi connectivity index (χ1n) is 9.26. The second kappa shape index (κ2) is 9.54. The Hall–Kier alpha value is -2.19. The van der Waals surface area contributed by atoms with Crippen molar-refractivity contribution in [2.45, 2.75) is 38.0 Å². The topological polar surface area (TPSA) is 64.0 Å². The highest BCUT2D eigenvalue weighted by Gasteiger charge is 2.15. The fourth-order valence-corrected chi connectivity index (χ4v) is 4.15. The van der Waals surface area contributed by atoms with Gasteiger partial charge in [-0.25, -0.2) is 9.37 Å². The third kappa shape index (κ3) is 5.25. The lowest BCUT2D eigenvalue weighted by atomic mass is 10.1. The molecule has 0 aliphatic carbocycles. The Labute approximate surface area is 180 Å². The minimum atomic E-state index is -0.314. The first-order chi connectivity index (χ1) is 13.9. The standard InChI is InChI=1S/C21H21BrFN3O2S/c1-3-10-26-20(28)17-11-15(22)6-9-18(17)25-21(26)29-12-19(27)24-13(2)14-4-7-16(23)8-5-14/h4-9,11,13H,3,10,12H2,1-2H3,(H,24,27). The molecule has 3 rings (SSSR count). The van der Waals surface area contributed by atoms with Gasteiger partial charge in [-0.1, -0.05) is 46.7 Å². The number of hydrogen-bond acceptors (Lipinski definition) is 4. The molecule has 5 nitrogen and oxygen atoms in total. The summed E-state index contributed by atoms with van der Waals surface area (Å²) in [4.78, 5) is 29.9. The van der Waals surface area contributed by atoms with Crippen LogP contribution in [0.25, 0.3) is 10.9 Å². The molecule has 0 aliphatic heterocycles. The van der Waals surface area contributed by atoms with Crippen molar-refractivity contribution in [2.24, 2.45) is 0 Å². The number of carbonyl (C=O) groups is 1. The number of hydrogen-bond donors (Lipinski definition) is 1. The predicted octanol–water partition coefficient (Wildman–Crippen LogP) is 4.68. The number of nitrogens with one attached hydrogen (secondary N) is 1. The van der Waals surface area contributed by atoms with Gasteiger partial charge in [-0.3, -0.25) is 14.2 Å². The number of halogens is 2. The molecular weight excluding hydrogens is 457 g/mol. The van der Waals surface area contributed by atoms with Gasteiger partial charge >= 0.3 is 0 Å². The van der Waals surface area contributed by atoms with E-state index in [2.05, 4.69) is 26.2 Å². The molecule has 0 spiro atoms. The average molecular weight is 478 g/mol. The molecule has 1 N–H and O–H groups in total. The van der Waals surface area contributed by atoms with Crippen LogP contribution in [-0.2, 0) is 11.3 Å². The van der Waals surface area contributed by atoms with Crippen LogP contribution in [0.1, 0.15) is 31.9 Å². The number of benzene rings is 2. The van der Waals surface area contributed by atoms with Crippen LogP contribution in [0.3, 0.4) is 0 Å². The summed E-state index contributed by atoms with van der Waals surface area (Å²) in [5, 5.41) is 3.97. The quantitative estimate of drug-likeness (QED) is 0.396. The average Bonchev–Trinajstić information content (AvgIpc) is 2.70.